The molecule has 1 N–H and O–H groups in total. The average molecular weight is 529 g/mol. The van der Waals surface area contributed by atoms with E-state index in [1.807, 2.05) is 30.5 Å². The van der Waals surface area contributed by atoms with Crippen molar-refractivity contribution in [2.45, 2.75) is 44.3 Å². The lowest BCUT2D eigenvalue weighted by molar-refractivity contribution is -0.138. The van der Waals surface area contributed by atoms with Crippen LogP contribution in [-0.4, -0.2) is 39.1 Å². The lowest BCUT2D eigenvalue weighted by atomic mass is 9.80. The van der Waals surface area contributed by atoms with Gasteiger partial charge in [-0.2, -0.15) is 0 Å². The molecule has 1 saturated carbocycles. The molecule has 2 atom stereocenters. The van der Waals surface area contributed by atoms with E-state index in [0.717, 1.165) is 59.6 Å². The van der Waals surface area contributed by atoms with Gasteiger partial charge in [0.05, 0.1) is 5.92 Å². The van der Waals surface area contributed by atoms with Crippen LogP contribution in [0.2, 0.25) is 5.02 Å². The van der Waals surface area contributed by atoms with Gasteiger partial charge in [0.15, 0.2) is 0 Å². The summed E-state index contributed by atoms with van der Waals surface area (Å²) in [5.74, 6) is 0.0522. The molecule has 1 saturated heterocycles. The normalized spacial score (nSPS) is 19.5. The van der Waals surface area contributed by atoms with Gasteiger partial charge in [-0.05, 0) is 72.7 Å². The van der Waals surface area contributed by atoms with Crippen molar-refractivity contribution in [3.05, 3.63) is 105 Å². The van der Waals surface area contributed by atoms with E-state index in [2.05, 4.69) is 51.3 Å². The van der Waals surface area contributed by atoms with Gasteiger partial charge in [-0.3, -0.25) is 9.59 Å². The number of nitrogens with zero attached hydrogens (tertiary/aromatic N) is 3. The van der Waals surface area contributed by atoms with Crippen molar-refractivity contribution in [1.82, 2.24) is 19.4 Å². The van der Waals surface area contributed by atoms with Gasteiger partial charge >= 0.3 is 0 Å². The highest BCUT2D eigenvalue weighted by Gasteiger charge is 2.40. The molecule has 0 spiro atoms. The molecule has 1 amide bonds. The first-order valence-electron chi connectivity index (χ1n) is 13.5. The van der Waals surface area contributed by atoms with Crippen molar-refractivity contribution in [2.24, 2.45) is 13.0 Å². The molecule has 0 bridgehead atoms. The Morgan fingerprint density at radius 1 is 1.08 bits per heavy atom. The highest BCUT2D eigenvalue weighted by Crippen LogP contribution is 2.37. The van der Waals surface area contributed by atoms with Gasteiger partial charge in [-0.15, -0.1) is 0 Å². The number of carbonyl (C=O) groups excluding carboxylic acids is 1. The predicted molar refractivity (Wildman–Crippen MR) is 151 cm³/mol. The lowest BCUT2D eigenvalue weighted by Gasteiger charge is -2.35. The van der Waals surface area contributed by atoms with Crippen molar-refractivity contribution >= 4 is 28.4 Å². The molecule has 38 heavy (non-hydrogen) atoms. The number of carbonyl (C=O) groups is 1. The average Bonchev–Trinajstić information content (AvgIpc) is 3.72. The van der Waals surface area contributed by atoms with E-state index in [1.165, 1.54) is 5.39 Å². The van der Waals surface area contributed by atoms with E-state index in [1.54, 1.807) is 17.7 Å². The van der Waals surface area contributed by atoms with Gasteiger partial charge in [0.25, 0.3) is 5.56 Å². The molecule has 7 heteroatoms. The zero-order valence-electron chi connectivity index (χ0n) is 21.6. The van der Waals surface area contributed by atoms with Crippen LogP contribution in [0.1, 0.15) is 41.9 Å². The Labute approximate surface area is 227 Å². The third-order valence-electron chi connectivity index (χ3n) is 8.08. The molecule has 6 nitrogen and oxygen atoms in total. The fraction of sp³-hybridized carbons (Fsp3) is 0.355. The largest absolute Gasteiger partial charge is 0.343 e. The van der Waals surface area contributed by atoms with Crippen LogP contribution in [0.25, 0.3) is 10.9 Å². The van der Waals surface area contributed by atoms with E-state index in [4.69, 9.17) is 11.6 Å². The number of benzene rings is 2. The molecule has 1 unspecified atom stereocenters. The number of nitrogens with one attached hydrogen (secondary N) is 1. The minimum Gasteiger partial charge on any atom is -0.343 e. The molecule has 2 aliphatic rings. The first-order valence-corrected chi connectivity index (χ1v) is 13.8. The maximum Gasteiger partial charge on any atom is 0.250 e. The number of pyridine rings is 1. The van der Waals surface area contributed by atoms with Crippen LogP contribution in [-0.2, 0) is 24.9 Å². The Balaban J connectivity index is 1.30. The first-order chi connectivity index (χ1) is 18.5. The van der Waals surface area contributed by atoms with Crippen LogP contribution in [0, 0.1) is 5.92 Å². The van der Waals surface area contributed by atoms with Crippen LogP contribution >= 0.6 is 11.6 Å². The highest BCUT2D eigenvalue weighted by atomic mass is 35.5. The standard InChI is InChI=1S/C31H33ClN4O2/c1-34-14-12-22(16-30(34)37)26-11-13-33-17-28(26)31(38)36(25-9-10-25)20-23-19-35(29-8-3-2-7-27(23)29)18-21-5-4-6-24(32)15-21/h2-8,12,14-16,19,25-26,28,33H,9-11,13,17-18,20H2,1H3/t26-,28?/m1/s1. The van der Waals surface area contributed by atoms with Gasteiger partial charge in [0.1, 0.15) is 0 Å². The van der Waals surface area contributed by atoms with Crippen molar-refractivity contribution in [1.29, 1.82) is 0 Å². The molecule has 4 aromatic rings. The third kappa shape index (κ3) is 5.03. The van der Waals surface area contributed by atoms with Crippen LogP contribution in [0.3, 0.4) is 0 Å². The van der Waals surface area contributed by atoms with Gasteiger partial charge in [0, 0.05) is 67.1 Å². The Hall–Kier alpha value is -3.35. The Morgan fingerprint density at radius 2 is 1.92 bits per heavy atom. The van der Waals surface area contributed by atoms with Crippen LogP contribution in [0.5, 0.6) is 0 Å². The molecular formula is C31H33ClN4O2. The molecular weight excluding hydrogens is 496 g/mol. The van der Waals surface area contributed by atoms with Crippen molar-refractivity contribution in [3.63, 3.8) is 0 Å². The Morgan fingerprint density at radius 3 is 2.71 bits per heavy atom. The number of para-hydroxylation sites is 1. The number of fused-ring (bicyclic) bond motifs is 1. The predicted octanol–water partition coefficient (Wildman–Crippen LogP) is 4.93. The molecule has 0 radical (unpaired) electrons. The monoisotopic (exact) mass is 528 g/mol. The molecule has 2 fully saturated rings. The highest BCUT2D eigenvalue weighted by molar-refractivity contribution is 6.30. The molecule has 1 aliphatic heterocycles. The summed E-state index contributed by atoms with van der Waals surface area (Å²) in [6.45, 7) is 2.80. The van der Waals surface area contributed by atoms with Crippen molar-refractivity contribution in [3.8, 4) is 0 Å². The molecule has 2 aromatic carbocycles. The maximum absolute atomic E-state index is 14.2. The topological polar surface area (TPSA) is 59.3 Å². The molecule has 196 valence electrons. The zero-order chi connectivity index (χ0) is 26.2. The van der Waals surface area contributed by atoms with Gasteiger partial charge < -0.3 is 19.4 Å². The van der Waals surface area contributed by atoms with Crippen molar-refractivity contribution < 1.29 is 4.79 Å². The Kier molecular flexibility index (Phi) is 6.85. The van der Waals surface area contributed by atoms with Gasteiger partial charge in [0.2, 0.25) is 5.91 Å². The van der Waals surface area contributed by atoms with E-state index >= 15 is 0 Å². The molecule has 3 heterocycles. The fourth-order valence-corrected chi connectivity index (χ4v) is 6.11. The summed E-state index contributed by atoms with van der Waals surface area (Å²) in [4.78, 5) is 28.7. The summed E-state index contributed by atoms with van der Waals surface area (Å²) in [6.07, 6.45) is 6.95. The smallest absolute Gasteiger partial charge is 0.250 e. The zero-order valence-corrected chi connectivity index (χ0v) is 22.4. The summed E-state index contributed by atoms with van der Waals surface area (Å²) in [7, 11) is 1.76. The maximum atomic E-state index is 14.2. The summed E-state index contributed by atoms with van der Waals surface area (Å²) < 4.78 is 3.84. The van der Waals surface area contributed by atoms with Crippen molar-refractivity contribution in [2.75, 3.05) is 13.1 Å². The Bertz CT molecular complexity index is 1540. The van der Waals surface area contributed by atoms with E-state index in [0.29, 0.717) is 13.1 Å². The number of aromatic nitrogens is 2. The number of piperidine rings is 1. The molecule has 2 aromatic heterocycles. The summed E-state index contributed by atoms with van der Waals surface area (Å²) in [5, 5.41) is 5.35. The first kappa shape index (κ1) is 25.0. The second-order valence-electron chi connectivity index (χ2n) is 10.7. The number of hydrogen-bond donors (Lipinski definition) is 1. The summed E-state index contributed by atoms with van der Waals surface area (Å²) >= 11 is 6.25. The molecule has 1 aliphatic carbocycles. The minimum absolute atomic E-state index is 0.0289. The summed E-state index contributed by atoms with van der Waals surface area (Å²) in [6, 6.07) is 20.4. The second-order valence-corrected chi connectivity index (χ2v) is 11.2. The summed E-state index contributed by atoms with van der Waals surface area (Å²) in [5.41, 5.74) is 4.41. The minimum atomic E-state index is -0.184. The number of rotatable bonds is 7. The van der Waals surface area contributed by atoms with E-state index in [-0.39, 0.29) is 29.3 Å². The second kappa shape index (κ2) is 10.4. The number of aryl methyl sites for hydroxylation is 1. The van der Waals surface area contributed by atoms with E-state index < -0.39 is 0 Å². The SMILES string of the molecule is Cn1ccc([C@H]2CCNCC2C(=O)N(Cc2cn(Cc3cccc(Cl)c3)c3ccccc23)C2CC2)cc1=O. The number of hydrogen-bond acceptors (Lipinski definition) is 3. The lowest BCUT2D eigenvalue weighted by Crippen LogP contribution is -2.47. The molecule has 6 rings (SSSR count). The third-order valence-corrected chi connectivity index (χ3v) is 8.32. The quantitative estimate of drug-likeness (QED) is 0.370. The van der Waals surface area contributed by atoms with Crippen LogP contribution in [0.15, 0.2) is 77.9 Å². The van der Waals surface area contributed by atoms with Gasteiger partial charge in [-0.25, -0.2) is 0 Å². The van der Waals surface area contributed by atoms with E-state index in [9.17, 15) is 9.59 Å². The number of halogens is 1. The van der Waals surface area contributed by atoms with Crippen LogP contribution < -0.4 is 10.9 Å². The fourth-order valence-electron chi connectivity index (χ4n) is 5.89. The van der Waals surface area contributed by atoms with Crippen LogP contribution in [0.4, 0.5) is 0 Å². The van der Waals surface area contributed by atoms with Gasteiger partial charge in [-0.1, -0.05) is 41.9 Å². The number of amides is 1.